The molecule has 29 heavy (non-hydrogen) atoms. The van der Waals surface area contributed by atoms with E-state index in [0.717, 1.165) is 10.5 Å². The Kier molecular flexibility index (Phi) is 6.65. The summed E-state index contributed by atoms with van der Waals surface area (Å²) < 4.78 is 11.1. The van der Waals surface area contributed by atoms with Crippen LogP contribution in [0.3, 0.4) is 0 Å². The molecule has 0 N–H and O–H groups in total. The van der Waals surface area contributed by atoms with E-state index in [-0.39, 0.29) is 23.5 Å². The molecule has 0 heterocycles. The van der Waals surface area contributed by atoms with E-state index in [1.54, 1.807) is 0 Å². The van der Waals surface area contributed by atoms with Crippen molar-refractivity contribution in [2.24, 2.45) is 0 Å². The van der Waals surface area contributed by atoms with Crippen molar-refractivity contribution in [1.82, 2.24) is 0 Å². The van der Waals surface area contributed by atoms with Gasteiger partial charge in [0.15, 0.2) is 21.3 Å². The largest absolute Gasteiger partial charge is 0.482 e. The van der Waals surface area contributed by atoms with Gasteiger partial charge in [0.2, 0.25) is 0 Å². The molecule has 0 spiro atoms. The predicted octanol–water partition coefficient (Wildman–Crippen LogP) is 5.81. The van der Waals surface area contributed by atoms with Crippen molar-refractivity contribution in [2.75, 3.05) is 6.61 Å². The van der Waals surface area contributed by atoms with Crippen LogP contribution < -0.4 is 4.74 Å². The lowest BCUT2D eigenvalue weighted by atomic mass is 10.2. The molecule has 3 rings (SSSR count). The van der Waals surface area contributed by atoms with Gasteiger partial charge in [-0.15, -0.1) is 0 Å². The molecule has 3 nitrogen and oxygen atoms in total. The van der Waals surface area contributed by atoms with Crippen LogP contribution in [0.2, 0.25) is 0 Å². The number of carbonyl (C=O) groups excluding carboxylic acids is 1. The predicted molar refractivity (Wildman–Crippen MR) is 118 cm³/mol. The number of benzene rings is 3. The van der Waals surface area contributed by atoms with Crippen LogP contribution in [-0.2, 0) is 20.4 Å². The molecule has 0 aliphatic carbocycles. The van der Waals surface area contributed by atoms with Crippen LogP contribution in [-0.4, -0.2) is 18.2 Å². The van der Waals surface area contributed by atoms with E-state index in [4.69, 9.17) is 9.47 Å². The van der Waals surface area contributed by atoms with E-state index in [9.17, 15) is 4.79 Å². The summed E-state index contributed by atoms with van der Waals surface area (Å²) in [5.74, 6) is 0.306. The average molecular weight is 408 g/mol. The standard InChI is InChI=1S/C25H27O3S/c1-19-15-20(27-18-24(26)28-25(2,3)4)17-23(16-19)29(21-11-7-5-8-12-21)22-13-9-6-10-14-22/h5-17H,18H2,1-4H3/q+1. The van der Waals surface area contributed by atoms with Crippen LogP contribution in [0.25, 0.3) is 0 Å². The van der Waals surface area contributed by atoms with Crippen molar-refractivity contribution in [2.45, 2.75) is 48.0 Å². The van der Waals surface area contributed by atoms with E-state index in [0.29, 0.717) is 5.75 Å². The molecule has 3 aromatic rings. The molecule has 4 heteroatoms. The number of rotatable bonds is 6. The lowest BCUT2D eigenvalue weighted by Gasteiger charge is -2.19. The van der Waals surface area contributed by atoms with Gasteiger partial charge in [0, 0.05) is 6.07 Å². The van der Waals surface area contributed by atoms with Gasteiger partial charge in [-0.2, -0.15) is 0 Å². The molecule has 3 aromatic carbocycles. The maximum atomic E-state index is 12.0. The average Bonchev–Trinajstić information content (AvgIpc) is 2.67. The van der Waals surface area contributed by atoms with Crippen LogP contribution >= 0.6 is 0 Å². The monoisotopic (exact) mass is 407 g/mol. The fourth-order valence-electron chi connectivity index (χ4n) is 2.95. The maximum absolute atomic E-state index is 12.0. The van der Waals surface area contributed by atoms with Gasteiger partial charge in [-0.1, -0.05) is 36.4 Å². The highest BCUT2D eigenvalue weighted by atomic mass is 32.2. The van der Waals surface area contributed by atoms with E-state index < -0.39 is 5.60 Å². The molecule has 0 aliphatic heterocycles. The second-order valence-corrected chi connectivity index (χ2v) is 9.82. The van der Waals surface area contributed by atoms with Crippen molar-refractivity contribution in [3.63, 3.8) is 0 Å². The zero-order chi connectivity index (χ0) is 20.9. The third-order valence-corrected chi connectivity index (χ3v) is 6.19. The Morgan fingerprint density at radius 2 is 1.38 bits per heavy atom. The first-order chi connectivity index (χ1) is 13.8. The Balaban J connectivity index is 1.90. The van der Waals surface area contributed by atoms with Crippen molar-refractivity contribution >= 4 is 16.9 Å². The van der Waals surface area contributed by atoms with Gasteiger partial charge >= 0.3 is 5.97 Å². The molecule has 0 radical (unpaired) electrons. The third kappa shape index (κ3) is 6.13. The number of carbonyl (C=O) groups is 1. The van der Waals surface area contributed by atoms with E-state index in [1.807, 2.05) is 52.0 Å². The first-order valence-corrected chi connectivity index (χ1v) is 10.8. The van der Waals surface area contributed by atoms with E-state index >= 15 is 0 Å². The fraction of sp³-hybridized carbons (Fsp3) is 0.240. The molecule has 0 unspecified atom stereocenters. The van der Waals surface area contributed by atoms with E-state index in [2.05, 4.69) is 54.6 Å². The molecule has 0 saturated carbocycles. The molecule has 0 bridgehead atoms. The molecule has 150 valence electrons. The number of esters is 1. The number of hydrogen-bond acceptors (Lipinski definition) is 3. The zero-order valence-electron chi connectivity index (χ0n) is 17.3. The highest BCUT2D eigenvalue weighted by Gasteiger charge is 2.29. The topological polar surface area (TPSA) is 35.5 Å². The van der Waals surface area contributed by atoms with Gasteiger partial charge in [-0.3, -0.25) is 0 Å². The second kappa shape index (κ2) is 9.19. The van der Waals surface area contributed by atoms with Gasteiger partial charge in [0.25, 0.3) is 0 Å². The quantitative estimate of drug-likeness (QED) is 0.382. The number of aryl methyl sites for hydroxylation is 1. The van der Waals surface area contributed by atoms with Crippen molar-refractivity contribution in [3.05, 3.63) is 84.4 Å². The summed E-state index contributed by atoms with van der Waals surface area (Å²) in [6, 6.07) is 27.1. The molecule has 0 saturated heterocycles. The molecular weight excluding hydrogens is 380 g/mol. The van der Waals surface area contributed by atoms with Crippen LogP contribution in [0.5, 0.6) is 5.75 Å². The minimum absolute atomic E-state index is 0.107. The summed E-state index contributed by atoms with van der Waals surface area (Å²) in [6.45, 7) is 7.48. The van der Waals surface area contributed by atoms with Crippen molar-refractivity contribution < 1.29 is 14.3 Å². The van der Waals surface area contributed by atoms with Gasteiger partial charge in [0.05, 0.1) is 10.9 Å². The highest BCUT2D eigenvalue weighted by molar-refractivity contribution is 7.97. The summed E-state index contributed by atoms with van der Waals surface area (Å²) in [7, 11) is -0.262. The molecular formula is C25H27O3S+. The Morgan fingerprint density at radius 3 is 1.90 bits per heavy atom. The summed E-state index contributed by atoms with van der Waals surface area (Å²) in [5, 5.41) is 0. The van der Waals surface area contributed by atoms with Crippen LogP contribution in [0.15, 0.2) is 93.5 Å². The van der Waals surface area contributed by atoms with Crippen LogP contribution in [0, 0.1) is 6.92 Å². The molecule has 0 atom stereocenters. The lowest BCUT2D eigenvalue weighted by Crippen LogP contribution is -2.27. The Labute approximate surface area is 176 Å². The minimum Gasteiger partial charge on any atom is -0.482 e. The smallest absolute Gasteiger partial charge is 0.344 e. The summed E-state index contributed by atoms with van der Waals surface area (Å²) in [4.78, 5) is 15.7. The van der Waals surface area contributed by atoms with Crippen LogP contribution in [0.1, 0.15) is 26.3 Å². The van der Waals surface area contributed by atoms with Crippen LogP contribution in [0.4, 0.5) is 0 Å². The number of hydrogen-bond donors (Lipinski definition) is 0. The van der Waals surface area contributed by atoms with Crippen molar-refractivity contribution in [1.29, 1.82) is 0 Å². The minimum atomic E-state index is -0.523. The van der Waals surface area contributed by atoms with Gasteiger partial charge < -0.3 is 9.47 Å². The van der Waals surface area contributed by atoms with Crippen molar-refractivity contribution in [3.8, 4) is 5.75 Å². The molecule has 0 aliphatic rings. The van der Waals surface area contributed by atoms with Gasteiger partial charge in [0.1, 0.15) is 11.4 Å². The normalized spacial score (nSPS) is 11.3. The third-order valence-electron chi connectivity index (χ3n) is 3.99. The molecule has 0 fully saturated rings. The Morgan fingerprint density at radius 1 is 0.828 bits per heavy atom. The second-order valence-electron chi connectivity index (χ2n) is 7.79. The van der Waals surface area contributed by atoms with Gasteiger partial charge in [-0.25, -0.2) is 4.79 Å². The van der Waals surface area contributed by atoms with E-state index in [1.165, 1.54) is 9.79 Å². The molecule has 0 aromatic heterocycles. The fourth-order valence-corrected chi connectivity index (χ4v) is 5.16. The molecule has 0 amide bonds. The maximum Gasteiger partial charge on any atom is 0.344 e. The number of ether oxygens (including phenoxy) is 2. The summed E-state index contributed by atoms with van der Waals surface area (Å²) >= 11 is 0. The first kappa shape index (κ1) is 21.0. The Hall–Kier alpha value is -2.72. The highest BCUT2D eigenvalue weighted by Crippen LogP contribution is 2.33. The Bertz CT molecular complexity index is 907. The zero-order valence-corrected chi connectivity index (χ0v) is 18.2. The van der Waals surface area contributed by atoms with Gasteiger partial charge in [-0.05, 0) is 69.7 Å². The summed E-state index contributed by atoms with van der Waals surface area (Å²) in [6.07, 6.45) is 0. The SMILES string of the molecule is Cc1cc(OCC(=O)OC(C)(C)C)cc([S+](c2ccccc2)c2ccccc2)c1. The first-order valence-electron chi connectivity index (χ1n) is 9.62. The lowest BCUT2D eigenvalue weighted by molar-refractivity contribution is -0.157. The summed E-state index contributed by atoms with van der Waals surface area (Å²) in [5.41, 5.74) is 0.566.